The summed E-state index contributed by atoms with van der Waals surface area (Å²) in [6.45, 7) is 7.78. The number of aliphatic hydroxyl groups excluding tert-OH is 1. The van der Waals surface area contributed by atoms with Gasteiger partial charge in [0.05, 0.1) is 6.10 Å². The van der Waals surface area contributed by atoms with Crippen molar-refractivity contribution in [2.45, 2.75) is 83.7 Å². The number of benzene rings is 3. The van der Waals surface area contributed by atoms with Crippen LogP contribution in [-0.2, 0) is 24.3 Å². The Bertz CT molecular complexity index is 1200. The van der Waals surface area contributed by atoms with E-state index >= 15 is 0 Å². The molecule has 4 heteroatoms. The van der Waals surface area contributed by atoms with Gasteiger partial charge in [0.25, 0.3) is 0 Å². The van der Waals surface area contributed by atoms with Crippen molar-refractivity contribution in [1.29, 1.82) is 0 Å². The van der Waals surface area contributed by atoms with Gasteiger partial charge in [0.1, 0.15) is 5.60 Å². The Hall–Kier alpha value is -2.79. The number of carbonyl (C=O) groups is 1. The summed E-state index contributed by atoms with van der Waals surface area (Å²) in [6.07, 6.45) is 2.05. The molecular weight excluding hydrogens is 482 g/mol. The van der Waals surface area contributed by atoms with E-state index in [0.717, 1.165) is 29.5 Å². The van der Waals surface area contributed by atoms with Gasteiger partial charge in [0.15, 0.2) is 5.78 Å². The predicted molar refractivity (Wildman–Crippen MR) is 156 cm³/mol. The Labute approximate surface area is 233 Å². The van der Waals surface area contributed by atoms with Gasteiger partial charge in [-0.1, -0.05) is 112 Å². The highest BCUT2D eigenvalue weighted by molar-refractivity contribution is 5.89. The van der Waals surface area contributed by atoms with Gasteiger partial charge in [-0.2, -0.15) is 0 Å². The first-order chi connectivity index (χ1) is 18.6. The lowest BCUT2D eigenvalue weighted by Crippen LogP contribution is -2.55. The van der Waals surface area contributed by atoms with Crippen LogP contribution in [0, 0.1) is 16.7 Å². The zero-order chi connectivity index (χ0) is 27.7. The van der Waals surface area contributed by atoms with Crippen molar-refractivity contribution in [1.82, 2.24) is 4.90 Å². The van der Waals surface area contributed by atoms with E-state index in [-0.39, 0.29) is 23.7 Å². The molecule has 0 amide bonds. The van der Waals surface area contributed by atoms with Crippen molar-refractivity contribution in [3.63, 3.8) is 0 Å². The van der Waals surface area contributed by atoms with E-state index in [2.05, 4.69) is 62.1 Å². The molecule has 2 bridgehead atoms. The minimum atomic E-state index is -1.39. The molecule has 206 valence electrons. The lowest BCUT2D eigenvalue weighted by molar-refractivity contribution is -0.158. The number of aliphatic hydroxyl groups is 2. The van der Waals surface area contributed by atoms with Crippen LogP contribution in [0.25, 0.3) is 0 Å². The Balaban J connectivity index is 1.45. The van der Waals surface area contributed by atoms with E-state index in [0.29, 0.717) is 31.8 Å². The minimum absolute atomic E-state index is 0.0491. The van der Waals surface area contributed by atoms with Crippen LogP contribution in [0.3, 0.4) is 0 Å². The fraction of sp³-hybridized carbons (Fsp3) is 0.457. The van der Waals surface area contributed by atoms with Crippen LogP contribution in [0.4, 0.5) is 0 Å². The summed E-state index contributed by atoms with van der Waals surface area (Å²) in [5.74, 6) is 0.131. The summed E-state index contributed by atoms with van der Waals surface area (Å²) in [5, 5.41) is 23.8. The van der Waals surface area contributed by atoms with Crippen molar-refractivity contribution in [2.24, 2.45) is 16.7 Å². The normalized spacial score (nSPS) is 27.0. The maximum atomic E-state index is 13.9. The number of fused-ring (bicyclic) bond motifs is 2. The molecule has 0 saturated heterocycles. The molecule has 3 aromatic rings. The van der Waals surface area contributed by atoms with Crippen LogP contribution < -0.4 is 0 Å². The first-order valence-electron chi connectivity index (χ1n) is 14.4. The first-order valence-corrected chi connectivity index (χ1v) is 14.4. The number of rotatable bonds is 11. The van der Waals surface area contributed by atoms with Crippen molar-refractivity contribution < 1.29 is 15.0 Å². The Morgan fingerprint density at radius 1 is 0.846 bits per heavy atom. The molecule has 0 aromatic heterocycles. The fourth-order valence-electron chi connectivity index (χ4n) is 7.48. The van der Waals surface area contributed by atoms with Crippen LogP contribution >= 0.6 is 0 Å². The van der Waals surface area contributed by atoms with E-state index in [1.807, 2.05) is 54.6 Å². The van der Waals surface area contributed by atoms with Gasteiger partial charge >= 0.3 is 0 Å². The van der Waals surface area contributed by atoms with Crippen LogP contribution in [0.15, 0.2) is 91.0 Å². The topological polar surface area (TPSA) is 60.8 Å². The number of hydrogen-bond acceptors (Lipinski definition) is 4. The van der Waals surface area contributed by atoms with E-state index in [1.54, 1.807) is 0 Å². The summed E-state index contributed by atoms with van der Waals surface area (Å²) >= 11 is 0. The highest BCUT2D eigenvalue weighted by Crippen LogP contribution is 2.70. The second kappa shape index (κ2) is 11.0. The number of hydrogen-bond donors (Lipinski definition) is 2. The minimum Gasteiger partial charge on any atom is -0.391 e. The second-order valence-corrected chi connectivity index (χ2v) is 12.7. The van der Waals surface area contributed by atoms with Gasteiger partial charge in [-0.3, -0.25) is 9.69 Å². The summed E-state index contributed by atoms with van der Waals surface area (Å²) in [6, 6.07) is 30.5. The third-order valence-electron chi connectivity index (χ3n) is 10.4. The molecule has 5 atom stereocenters. The van der Waals surface area contributed by atoms with E-state index in [1.165, 1.54) is 0 Å². The smallest absolute Gasteiger partial charge is 0.167 e. The predicted octanol–water partition coefficient (Wildman–Crippen LogP) is 6.20. The standard InChI is InChI=1S/C35H43NO3/c1-33(2)29-19-20-34(33,3)35(39,23-29)32(38)22-31(37)30(21-26-13-7-4-8-14-26)36(24-27-15-9-5-10-16-27)25-28-17-11-6-12-18-28/h4-18,29-31,37,39H,19-25H2,1-3H3/t29-,30-,31-,34-,35+/m1/s1. The Morgan fingerprint density at radius 2 is 1.33 bits per heavy atom. The molecule has 0 aliphatic heterocycles. The molecule has 39 heavy (non-hydrogen) atoms. The van der Waals surface area contributed by atoms with Crippen LogP contribution in [0.1, 0.15) is 63.1 Å². The van der Waals surface area contributed by atoms with Gasteiger partial charge in [0.2, 0.25) is 0 Å². The van der Waals surface area contributed by atoms with E-state index in [4.69, 9.17) is 0 Å². The molecule has 4 nitrogen and oxygen atoms in total. The SMILES string of the molecule is CC1(C)[C@@H]2CC[C@@]1(C)[C@@](O)(C(=O)C[C@@H](O)[C@@H](Cc1ccccc1)N(Cc1ccccc1)Cc1ccccc1)C2. The van der Waals surface area contributed by atoms with Gasteiger partial charge < -0.3 is 10.2 Å². The summed E-state index contributed by atoms with van der Waals surface area (Å²) in [7, 11) is 0. The first kappa shape index (κ1) is 27.8. The van der Waals surface area contributed by atoms with E-state index < -0.39 is 17.1 Å². The Morgan fingerprint density at radius 3 is 1.77 bits per heavy atom. The molecule has 0 heterocycles. The average molecular weight is 526 g/mol. The summed E-state index contributed by atoms with van der Waals surface area (Å²) < 4.78 is 0. The fourth-order valence-corrected chi connectivity index (χ4v) is 7.48. The molecule has 2 fully saturated rings. The third-order valence-corrected chi connectivity index (χ3v) is 10.4. The molecule has 2 aliphatic carbocycles. The number of Topliss-reactive ketones (excluding diaryl/α,β-unsaturated/α-hetero) is 1. The van der Waals surface area contributed by atoms with Crippen LogP contribution in [0.5, 0.6) is 0 Å². The van der Waals surface area contributed by atoms with Gasteiger partial charge in [-0.05, 0) is 53.7 Å². The quantitative estimate of drug-likeness (QED) is 0.313. The van der Waals surface area contributed by atoms with Crippen LogP contribution in [-0.4, -0.2) is 38.6 Å². The van der Waals surface area contributed by atoms with Crippen molar-refractivity contribution >= 4 is 5.78 Å². The van der Waals surface area contributed by atoms with Crippen molar-refractivity contribution in [2.75, 3.05) is 0 Å². The van der Waals surface area contributed by atoms with Gasteiger partial charge in [-0.25, -0.2) is 0 Å². The molecule has 0 spiro atoms. The lowest BCUT2D eigenvalue weighted by Gasteiger charge is -2.45. The second-order valence-electron chi connectivity index (χ2n) is 12.7. The van der Waals surface area contributed by atoms with Gasteiger partial charge in [0, 0.05) is 31.0 Å². The zero-order valence-electron chi connectivity index (χ0n) is 23.6. The molecule has 0 unspecified atom stereocenters. The molecule has 0 radical (unpaired) electrons. The maximum absolute atomic E-state index is 13.9. The lowest BCUT2D eigenvalue weighted by atomic mass is 9.62. The number of ketones is 1. The maximum Gasteiger partial charge on any atom is 0.167 e. The molecule has 3 aromatic carbocycles. The van der Waals surface area contributed by atoms with E-state index in [9.17, 15) is 15.0 Å². The van der Waals surface area contributed by atoms with Crippen molar-refractivity contribution in [3.05, 3.63) is 108 Å². The largest absolute Gasteiger partial charge is 0.391 e. The highest BCUT2D eigenvalue weighted by atomic mass is 16.3. The monoisotopic (exact) mass is 525 g/mol. The number of carbonyl (C=O) groups excluding carboxylic acids is 1. The van der Waals surface area contributed by atoms with Crippen molar-refractivity contribution in [3.8, 4) is 0 Å². The molecule has 2 N–H and O–H groups in total. The zero-order valence-corrected chi connectivity index (χ0v) is 23.6. The average Bonchev–Trinajstić information content (AvgIpc) is 3.25. The Kier molecular flexibility index (Phi) is 7.83. The van der Waals surface area contributed by atoms with Crippen LogP contribution in [0.2, 0.25) is 0 Å². The molecule has 2 saturated carbocycles. The molecular formula is C35H43NO3. The molecule has 2 aliphatic rings. The highest BCUT2D eigenvalue weighted by Gasteiger charge is 2.70. The summed E-state index contributed by atoms with van der Waals surface area (Å²) in [4.78, 5) is 16.2. The molecule has 5 rings (SSSR count). The van der Waals surface area contributed by atoms with Gasteiger partial charge in [-0.15, -0.1) is 0 Å². The summed E-state index contributed by atoms with van der Waals surface area (Å²) in [5.41, 5.74) is 1.48. The number of nitrogens with zero attached hydrogens (tertiary/aromatic N) is 1. The third kappa shape index (κ3) is 5.23.